The molecule has 2 nitrogen and oxygen atoms in total. The SMILES string of the molecule is COc1ccc(C#CC2NCCc3ccccc32)cc1-c1ccc(I)cc1. The molecule has 1 N–H and O–H groups in total. The van der Waals surface area contributed by atoms with Crippen molar-refractivity contribution in [3.8, 4) is 28.7 Å². The van der Waals surface area contributed by atoms with E-state index in [1.54, 1.807) is 7.11 Å². The summed E-state index contributed by atoms with van der Waals surface area (Å²) >= 11 is 2.32. The van der Waals surface area contributed by atoms with Crippen molar-refractivity contribution in [2.75, 3.05) is 13.7 Å². The summed E-state index contributed by atoms with van der Waals surface area (Å²) in [4.78, 5) is 0. The van der Waals surface area contributed by atoms with E-state index < -0.39 is 0 Å². The second kappa shape index (κ2) is 8.16. The zero-order chi connectivity index (χ0) is 18.6. The van der Waals surface area contributed by atoms with Crippen LogP contribution in [0.2, 0.25) is 0 Å². The number of fused-ring (bicyclic) bond motifs is 1. The average molecular weight is 465 g/mol. The quantitative estimate of drug-likeness (QED) is 0.415. The molecule has 0 bridgehead atoms. The number of hydrogen-bond donors (Lipinski definition) is 1. The Balaban J connectivity index is 1.68. The van der Waals surface area contributed by atoms with Crippen molar-refractivity contribution in [2.24, 2.45) is 0 Å². The van der Waals surface area contributed by atoms with Gasteiger partial charge in [-0.3, -0.25) is 5.32 Å². The molecule has 3 aromatic rings. The maximum Gasteiger partial charge on any atom is 0.126 e. The normalized spacial score (nSPS) is 15.4. The van der Waals surface area contributed by atoms with Crippen molar-refractivity contribution in [1.29, 1.82) is 0 Å². The van der Waals surface area contributed by atoms with Crippen molar-refractivity contribution in [1.82, 2.24) is 5.32 Å². The molecule has 1 heterocycles. The summed E-state index contributed by atoms with van der Waals surface area (Å²) < 4.78 is 6.78. The molecular formula is C24H20INO. The van der Waals surface area contributed by atoms with E-state index in [9.17, 15) is 0 Å². The lowest BCUT2D eigenvalue weighted by Crippen LogP contribution is -2.28. The Morgan fingerprint density at radius 2 is 1.85 bits per heavy atom. The fourth-order valence-corrected chi connectivity index (χ4v) is 3.79. The van der Waals surface area contributed by atoms with Gasteiger partial charge in [-0.25, -0.2) is 0 Å². The van der Waals surface area contributed by atoms with Gasteiger partial charge in [0, 0.05) is 21.2 Å². The van der Waals surface area contributed by atoms with Crippen molar-refractivity contribution in [2.45, 2.75) is 12.5 Å². The molecule has 27 heavy (non-hydrogen) atoms. The van der Waals surface area contributed by atoms with E-state index in [-0.39, 0.29) is 6.04 Å². The topological polar surface area (TPSA) is 21.3 Å². The molecule has 0 fully saturated rings. The number of methoxy groups -OCH3 is 1. The Hall–Kier alpha value is -2.29. The maximum absolute atomic E-state index is 5.56. The second-order valence-electron chi connectivity index (χ2n) is 6.53. The van der Waals surface area contributed by atoms with E-state index in [1.807, 2.05) is 12.1 Å². The number of nitrogens with one attached hydrogen (secondary N) is 1. The average Bonchev–Trinajstić information content (AvgIpc) is 2.72. The van der Waals surface area contributed by atoms with Gasteiger partial charge in [0.05, 0.1) is 13.2 Å². The van der Waals surface area contributed by atoms with Crippen LogP contribution in [0.1, 0.15) is 22.7 Å². The minimum Gasteiger partial charge on any atom is -0.496 e. The predicted octanol–water partition coefficient (Wildman–Crippen LogP) is 5.21. The first-order chi connectivity index (χ1) is 13.2. The minimum absolute atomic E-state index is 0.0822. The number of rotatable bonds is 2. The van der Waals surface area contributed by atoms with E-state index in [2.05, 4.69) is 94.3 Å². The van der Waals surface area contributed by atoms with Crippen molar-refractivity contribution in [3.63, 3.8) is 0 Å². The molecule has 0 aliphatic carbocycles. The van der Waals surface area contributed by atoms with Crippen LogP contribution >= 0.6 is 22.6 Å². The molecule has 0 spiro atoms. The van der Waals surface area contributed by atoms with Crippen LogP contribution in [0.3, 0.4) is 0 Å². The molecule has 0 aromatic heterocycles. The van der Waals surface area contributed by atoms with Crippen LogP contribution in [0.25, 0.3) is 11.1 Å². The second-order valence-corrected chi connectivity index (χ2v) is 7.77. The fourth-order valence-electron chi connectivity index (χ4n) is 3.43. The summed E-state index contributed by atoms with van der Waals surface area (Å²) in [6.07, 6.45) is 1.06. The zero-order valence-corrected chi connectivity index (χ0v) is 17.3. The highest BCUT2D eigenvalue weighted by Crippen LogP contribution is 2.31. The third-order valence-electron chi connectivity index (χ3n) is 4.82. The molecule has 0 radical (unpaired) electrons. The van der Waals surface area contributed by atoms with Gasteiger partial charge >= 0.3 is 0 Å². The van der Waals surface area contributed by atoms with Crippen LogP contribution in [0.4, 0.5) is 0 Å². The molecule has 3 aromatic carbocycles. The third-order valence-corrected chi connectivity index (χ3v) is 5.54. The van der Waals surface area contributed by atoms with Crippen LogP contribution in [-0.4, -0.2) is 13.7 Å². The van der Waals surface area contributed by atoms with E-state index in [1.165, 1.54) is 14.7 Å². The molecule has 0 amide bonds. The van der Waals surface area contributed by atoms with Crippen LogP contribution in [0, 0.1) is 15.4 Å². The van der Waals surface area contributed by atoms with Crippen LogP contribution in [0.5, 0.6) is 5.75 Å². The van der Waals surface area contributed by atoms with Gasteiger partial charge in [0.1, 0.15) is 5.75 Å². The smallest absolute Gasteiger partial charge is 0.126 e. The first kappa shape index (κ1) is 18.1. The lowest BCUT2D eigenvalue weighted by Gasteiger charge is -2.22. The van der Waals surface area contributed by atoms with Crippen molar-refractivity contribution in [3.05, 3.63) is 87.0 Å². The van der Waals surface area contributed by atoms with E-state index in [0.717, 1.165) is 35.4 Å². The van der Waals surface area contributed by atoms with Crippen LogP contribution < -0.4 is 10.1 Å². The van der Waals surface area contributed by atoms with Gasteiger partial charge in [0.15, 0.2) is 0 Å². The first-order valence-corrected chi connectivity index (χ1v) is 10.1. The Kier molecular flexibility index (Phi) is 5.47. The Morgan fingerprint density at radius 3 is 2.67 bits per heavy atom. The summed E-state index contributed by atoms with van der Waals surface area (Å²) in [7, 11) is 1.71. The fraction of sp³-hybridized carbons (Fsp3) is 0.167. The molecule has 1 unspecified atom stereocenters. The number of ether oxygens (including phenoxy) is 1. The number of benzene rings is 3. The standard InChI is InChI=1S/C24H20INO/c1-27-24-13-7-17(16-22(24)19-8-10-20(25)11-9-19)6-12-23-21-5-3-2-4-18(21)14-15-26-23/h2-5,7-11,13,16,23,26H,14-15H2,1H3. The third kappa shape index (κ3) is 4.02. The highest BCUT2D eigenvalue weighted by molar-refractivity contribution is 14.1. The summed E-state index contributed by atoms with van der Waals surface area (Å²) in [5, 5.41) is 3.52. The molecule has 134 valence electrons. The molecule has 3 heteroatoms. The molecule has 1 aliphatic rings. The molecule has 0 saturated heterocycles. The highest BCUT2D eigenvalue weighted by atomic mass is 127. The van der Waals surface area contributed by atoms with Gasteiger partial charge in [-0.1, -0.05) is 48.2 Å². The zero-order valence-electron chi connectivity index (χ0n) is 15.1. The van der Waals surface area contributed by atoms with Gasteiger partial charge in [-0.2, -0.15) is 0 Å². The van der Waals surface area contributed by atoms with Crippen LogP contribution in [-0.2, 0) is 6.42 Å². The largest absolute Gasteiger partial charge is 0.496 e. The molecule has 4 rings (SSSR count). The maximum atomic E-state index is 5.56. The van der Waals surface area contributed by atoms with Gasteiger partial charge in [0.25, 0.3) is 0 Å². The molecule has 1 aliphatic heterocycles. The van der Waals surface area contributed by atoms with E-state index in [0.29, 0.717) is 0 Å². The summed E-state index contributed by atoms with van der Waals surface area (Å²) in [5.41, 5.74) is 5.89. The monoisotopic (exact) mass is 465 g/mol. The van der Waals surface area contributed by atoms with Gasteiger partial charge in [-0.15, -0.1) is 0 Å². The summed E-state index contributed by atoms with van der Waals surface area (Å²) in [6.45, 7) is 0.965. The minimum atomic E-state index is 0.0822. The van der Waals surface area contributed by atoms with Crippen molar-refractivity contribution >= 4 is 22.6 Å². The van der Waals surface area contributed by atoms with Gasteiger partial charge < -0.3 is 4.74 Å². The van der Waals surface area contributed by atoms with Gasteiger partial charge in [-0.05, 0) is 76.0 Å². The van der Waals surface area contributed by atoms with E-state index >= 15 is 0 Å². The highest BCUT2D eigenvalue weighted by Gasteiger charge is 2.16. The Morgan fingerprint density at radius 1 is 1.04 bits per heavy atom. The predicted molar refractivity (Wildman–Crippen MR) is 119 cm³/mol. The lowest BCUT2D eigenvalue weighted by molar-refractivity contribution is 0.416. The number of hydrogen-bond acceptors (Lipinski definition) is 2. The Labute approximate surface area is 174 Å². The summed E-state index contributed by atoms with van der Waals surface area (Å²) in [5.74, 6) is 7.64. The molecule has 1 atom stereocenters. The van der Waals surface area contributed by atoms with Crippen molar-refractivity contribution < 1.29 is 4.74 Å². The lowest BCUT2D eigenvalue weighted by atomic mass is 9.94. The van der Waals surface area contributed by atoms with Crippen LogP contribution in [0.15, 0.2) is 66.7 Å². The number of halogens is 1. The first-order valence-electron chi connectivity index (χ1n) is 9.01. The Bertz CT molecular complexity index is 1010. The van der Waals surface area contributed by atoms with Gasteiger partial charge in [0.2, 0.25) is 0 Å². The van der Waals surface area contributed by atoms with E-state index in [4.69, 9.17) is 4.74 Å². The molecular weight excluding hydrogens is 445 g/mol. The summed E-state index contributed by atoms with van der Waals surface area (Å²) in [6, 6.07) is 23.2. The molecule has 0 saturated carbocycles.